The van der Waals surface area contributed by atoms with Gasteiger partial charge in [-0.25, -0.2) is 8.42 Å². The Balaban J connectivity index is 2.26. The van der Waals surface area contributed by atoms with Crippen LogP contribution in [0.5, 0.6) is 0 Å². The van der Waals surface area contributed by atoms with Gasteiger partial charge in [-0.05, 0) is 56.2 Å². The highest BCUT2D eigenvalue weighted by Gasteiger charge is 2.39. The zero-order valence-corrected chi connectivity index (χ0v) is 15.9. The maximum absolute atomic E-state index is 13.3. The molecule has 0 spiro atoms. The Labute approximate surface area is 149 Å². The highest BCUT2D eigenvalue weighted by atomic mass is 79.9. The van der Waals surface area contributed by atoms with Crippen molar-refractivity contribution in [1.29, 1.82) is 0 Å². The molecule has 2 aromatic carbocycles. The molecule has 2 aromatic rings. The molecule has 0 aliphatic carbocycles. The number of sulfonamides is 1. The minimum atomic E-state index is -3.88. The number of carbonyl (C=O) groups is 1. The molecule has 1 amide bonds. The summed E-state index contributed by atoms with van der Waals surface area (Å²) in [5, 5.41) is 2.78. The van der Waals surface area contributed by atoms with Crippen molar-refractivity contribution in [3.8, 4) is 0 Å². The normalized spacial score (nSPS) is 17.4. The van der Waals surface area contributed by atoms with Crippen LogP contribution in [-0.4, -0.2) is 20.4 Å². The molecule has 1 N–H and O–H groups in total. The summed E-state index contributed by atoms with van der Waals surface area (Å²) in [5.74, 6) is -0.341. The number of nitrogens with one attached hydrogen (secondary N) is 1. The van der Waals surface area contributed by atoms with Gasteiger partial charge in [0.2, 0.25) is 5.91 Å². The number of nitrogens with zero attached hydrogens (tertiary/aromatic N) is 1. The van der Waals surface area contributed by atoms with Crippen LogP contribution in [-0.2, 0) is 14.8 Å². The second kappa shape index (κ2) is 5.89. The van der Waals surface area contributed by atoms with Crippen molar-refractivity contribution < 1.29 is 13.2 Å². The van der Waals surface area contributed by atoms with Crippen LogP contribution in [0.2, 0.25) is 0 Å². The highest BCUT2D eigenvalue weighted by Crippen LogP contribution is 2.39. The first-order chi connectivity index (χ1) is 11.2. The molecule has 0 saturated carbocycles. The van der Waals surface area contributed by atoms with E-state index in [-0.39, 0.29) is 10.8 Å². The van der Waals surface area contributed by atoms with Gasteiger partial charge < -0.3 is 5.32 Å². The second-order valence-corrected chi connectivity index (χ2v) is 8.55. The van der Waals surface area contributed by atoms with E-state index in [1.807, 2.05) is 13.0 Å². The van der Waals surface area contributed by atoms with Gasteiger partial charge in [0.05, 0.1) is 16.3 Å². The van der Waals surface area contributed by atoms with E-state index in [1.165, 1.54) is 4.31 Å². The fourth-order valence-electron chi connectivity index (χ4n) is 2.93. The minimum absolute atomic E-state index is 0.196. The number of hydrogen-bond acceptors (Lipinski definition) is 3. The van der Waals surface area contributed by atoms with Crippen LogP contribution in [0, 0.1) is 13.8 Å². The van der Waals surface area contributed by atoms with Gasteiger partial charge in [-0.15, -0.1) is 0 Å². The number of aryl methyl sites for hydroxylation is 2. The highest BCUT2D eigenvalue weighted by molar-refractivity contribution is 9.10. The average Bonchev–Trinajstić information content (AvgIpc) is 2.48. The Morgan fingerprint density at radius 1 is 1.12 bits per heavy atom. The Morgan fingerprint density at radius 3 is 2.50 bits per heavy atom. The molecule has 1 heterocycles. The third kappa shape index (κ3) is 2.61. The molecule has 0 aromatic heterocycles. The van der Waals surface area contributed by atoms with Crippen molar-refractivity contribution in [1.82, 2.24) is 0 Å². The van der Waals surface area contributed by atoms with Crippen molar-refractivity contribution in [2.45, 2.75) is 31.7 Å². The third-order valence-electron chi connectivity index (χ3n) is 4.12. The summed E-state index contributed by atoms with van der Waals surface area (Å²) < 4.78 is 28.7. The number of benzene rings is 2. The quantitative estimate of drug-likeness (QED) is 0.824. The van der Waals surface area contributed by atoms with Gasteiger partial charge in [0.1, 0.15) is 6.04 Å². The van der Waals surface area contributed by atoms with Gasteiger partial charge in [-0.2, -0.15) is 0 Å². The standard InChI is InChI=1S/C17H17BrN2O3S/c1-10-5-4-6-14-16(10)20(12(3)17(21)19-14)24(22,23)15-8-7-13(18)9-11(15)2/h4-9,12H,1-3H3,(H,19,21). The number of anilines is 2. The van der Waals surface area contributed by atoms with E-state index in [0.29, 0.717) is 16.9 Å². The first-order valence-corrected chi connectivity index (χ1v) is 9.68. The number of para-hydroxylation sites is 1. The lowest BCUT2D eigenvalue weighted by Crippen LogP contribution is -2.49. The number of halogens is 1. The largest absolute Gasteiger partial charge is 0.322 e. The SMILES string of the molecule is Cc1cc(Br)ccc1S(=O)(=O)N1c2c(C)cccc2NC(=O)C1C. The van der Waals surface area contributed by atoms with Crippen LogP contribution in [0.1, 0.15) is 18.1 Å². The summed E-state index contributed by atoms with van der Waals surface area (Å²) in [6, 6.07) is 9.51. The van der Waals surface area contributed by atoms with E-state index >= 15 is 0 Å². The van der Waals surface area contributed by atoms with Crippen molar-refractivity contribution in [2.75, 3.05) is 9.62 Å². The number of amides is 1. The zero-order chi connectivity index (χ0) is 17.6. The van der Waals surface area contributed by atoms with Gasteiger partial charge in [0, 0.05) is 4.47 Å². The van der Waals surface area contributed by atoms with E-state index < -0.39 is 16.1 Å². The number of hydrogen-bond donors (Lipinski definition) is 1. The summed E-state index contributed by atoms with van der Waals surface area (Å²) in [6.07, 6.45) is 0. The van der Waals surface area contributed by atoms with Gasteiger partial charge in [0.15, 0.2) is 0 Å². The fourth-order valence-corrected chi connectivity index (χ4v) is 5.31. The Hall–Kier alpha value is -1.86. The lowest BCUT2D eigenvalue weighted by Gasteiger charge is -2.36. The summed E-state index contributed by atoms with van der Waals surface area (Å²) in [6.45, 7) is 5.17. The molecule has 1 aliphatic rings. The maximum atomic E-state index is 13.3. The van der Waals surface area contributed by atoms with Crippen LogP contribution in [0.4, 0.5) is 11.4 Å². The van der Waals surface area contributed by atoms with Crippen molar-refractivity contribution >= 4 is 43.2 Å². The second-order valence-electron chi connectivity index (χ2n) is 5.85. The lowest BCUT2D eigenvalue weighted by molar-refractivity contribution is -0.117. The maximum Gasteiger partial charge on any atom is 0.265 e. The van der Waals surface area contributed by atoms with Crippen LogP contribution >= 0.6 is 15.9 Å². The number of fused-ring (bicyclic) bond motifs is 1. The molecule has 24 heavy (non-hydrogen) atoms. The van der Waals surface area contributed by atoms with E-state index in [0.717, 1.165) is 10.0 Å². The van der Waals surface area contributed by atoms with Crippen molar-refractivity contribution in [3.63, 3.8) is 0 Å². The van der Waals surface area contributed by atoms with Crippen LogP contribution in [0.15, 0.2) is 45.8 Å². The first kappa shape index (κ1) is 17.0. The van der Waals surface area contributed by atoms with E-state index in [2.05, 4.69) is 21.2 Å². The van der Waals surface area contributed by atoms with E-state index in [9.17, 15) is 13.2 Å². The van der Waals surface area contributed by atoms with Crippen molar-refractivity contribution in [2.24, 2.45) is 0 Å². The molecule has 3 rings (SSSR count). The smallest absolute Gasteiger partial charge is 0.265 e. The van der Waals surface area contributed by atoms with Gasteiger partial charge in [-0.1, -0.05) is 28.1 Å². The Bertz CT molecular complexity index is 941. The zero-order valence-electron chi connectivity index (χ0n) is 13.5. The van der Waals surface area contributed by atoms with E-state index in [1.54, 1.807) is 44.2 Å². The molecule has 5 nitrogen and oxygen atoms in total. The molecule has 0 radical (unpaired) electrons. The number of carbonyl (C=O) groups excluding carboxylic acids is 1. The predicted molar refractivity (Wildman–Crippen MR) is 97.8 cm³/mol. The van der Waals surface area contributed by atoms with Gasteiger partial charge in [-0.3, -0.25) is 9.10 Å². The summed E-state index contributed by atoms with van der Waals surface area (Å²) >= 11 is 3.35. The molecule has 126 valence electrons. The fraction of sp³-hybridized carbons (Fsp3) is 0.235. The molecule has 7 heteroatoms. The van der Waals surface area contributed by atoms with Crippen LogP contribution in [0.25, 0.3) is 0 Å². The molecule has 0 fully saturated rings. The van der Waals surface area contributed by atoms with Gasteiger partial charge in [0.25, 0.3) is 10.0 Å². The predicted octanol–water partition coefficient (Wildman–Crippen LogP) is 3.60. The van der Waals surface area contributed by atoms with Gasteiger partial charge >= 0.3 is 0 Å². The number of rotatable bonds is 2. The van der Waals surface area contributed by atoms with E-state index in [4.69, 9.17) is 0 Å². The molecule has 1 aliphatic heterocycles. The summed E-state index contributed by atoms with van der Waals surface area (Å²) in [4.78, 5) is 12.5. The Kier molecular flexibility index (Phi) is 4.17. The molecule has 0 saturated heterocycles. The summed E-state index contributed by atoms with van der Waals surface area (Å²) in [5.41, 5.74) is 2.44. The van der Waals surface area contributed by atoms with Crippen LogP contribution in [0.3, 0.4) is 0 Å². The third-order valence-corrected chi connectivity index (χ3v) is 6.64. The topological polar surface area (TPSA) is 66.5 Å². The minimum Gasteiger partial charge on any atom is -0.322 e. The average molecular weight is 409 g/mol. The van der Waals surface area contributed by atoms with Crippen molar-refractivity contribution in [3.05, 3.63) is 52.0 Å². The lowest BCUT2D eigenvalue weighted by atomic mass is 10.1. The first-order valence-electron chi connectivity index (χ1n) is 7.44. The molecule has 1 atom stereocenters. The monoisotopic (exact) mass is 408 g/mol. The molecular formula is C17H17BrN2O3S. The molecule has 0 bridgehead atoms. The van der Waals surface area contributed by atoms with Crippen LogP contribution < -0.4 is 9.62 Å². The summed E-state index contributed by atoms with van der Waals surface area (Å²) in [7, 11) is -3.88. The molecular weight excluding hydrogens is 392 g/mol. The molecule has 1 unspecified atom stereocenters. The Morgan fingerprint density at radius 2 is 1.83 bits per heavy atom.